The summed E-state index contributed by atoms with van der Waals surface area (Å²) in [4.78, 5) is 30.4. The van der Waals surface area contributed by atoms with E-state index in [-0.39, 0.29) is 11.9 Å². The van der Waals surface area contributed by atoms with Gasteiger partial charge in [-0.05, 0) is 6.07 Å². The van der Waals surface area contributed by atoms with Crippen molar-refractivity contribution >= 4 is 11.9 Å². The maximum Gasteiger partial charge on any atom is 0.341 e. The van der Waals surface area contributed by atoms with Crippen LogP contribution in [0.2, 0.25) is 0 Å². The molecule has 1 amide bonds. The van der Waals surface area contributed by atoms with E-state index in [2.05, 4.69) is 9.80 Å². The summed E-state index contributed by atoms with van der Waals surface area (Å²) in [5.74, 6) is 0.401. The Kier molecular flexibility index (Phi) is 6.06. The van der Waals surface area contributed by atoms with E-state index in [1.807, 2.05) is 4.90 Å². The van der Waals surface area contributed by atoms with Crippen LogP contribution >= 0.6 is 0 Å². The number of methoxy groups -OCH3 is 1. The van der Waals surface area contributed by atoms with Gasteiger partial charge in [0.05, 0.1) is 39.7 Å². The first-order valence-electron chi connectivity index (χ1n) is 8.62. The molecule has 0 radical (unpaired) electrons. The highest BCUT2D eigenvalue weighted by molar-refractivity contribution is 5.90. The lowest BCUT2D eigenvalue weighted by molar-refractivity contribution is -0.135. The number of carbonyl (C=O) groups is 2. The zero-order chi connectivity index (χ0) is 17.6. The first kappa shape index (κ1) is 17.9. The van der Waals surface area contributed by atoms with Crippen LogP contribution in [0.5, 0.6) is 0 Å². The number of furan rings is 1. The van der Waals surface area contributed by atoms with Crippen LogP contribution in [0.15, 0.2) is 16.7 Å². The number of carbonyl (C=O) groups excluding carboxylic acids is 2. The van der Waals surface area contributed by atoms with E-state index < -0.39 is 0 Å². The van der Waals surface area contributed by atoms with Gasteiger partial charge in [-0.25, -0.2) is 4.79 Å². The third-order valence-electron chi connectivity index (χ3n) is 4.71. The molecular weight excluding hydrogens is 326 g/mol. The number of hydrogen-bond donors (Lipinski definition) is 0. The first-order valence-corrected chi connectivity index (χ1v) is 8.62. The average Bonchev–Trinajstić information content (AvgIpc) is 3.10. The Labute approximate surface area is 147 Å². The number of hydrogen-bond acceptors (Lipinski definition) is 7. The Morgan fingerprint density at radius 3 is 2.48 bits per heavy atom. The van der Waals surface area contributed by atoms with Crippen LogP contribution < -0.4 is 0 Å². The molecule has 3 rings (SSSR count). The lowest BCUT2D eigenvalue weighted by Crippen LogP contribution is -2.52. The van der Waals surface area contributed by atoms with Gasteiger partial charge in [0, 0.05) is 39.3 Å². The molecule has 3 heterocycles. The summed E-state index contributed by atoms with van der Waals surface area (Å²) in [6.07, 6.45) is 1.50. The Balaban J connectivity index is 1.46. The molecule has 1 aromatic heterocycles. The van der Waals surface area contributed by atoms with E-state index in [1.54, 1.807) is 6.07 Å². The second-order valence-electron chi connectivity index (χ2n) is 6.29. The maximum atomic E-state index is 12.4. The zero-order valence-corrected chi connectivity index (χ0v) is 14.6. The average molecular weight is 351 g/mol. The van der Waals surface area contributed by atoms with Crippen molar-refractivity contribution in [3.05, 3.63) is 23.7 Å². The third kappa shape index (κ3) is 4.59. The van der Waals surface area contributed by atoms with Crippen LogP contribution in [0.3, 0.4) is 0 Å². The molecule has 0 aliphatic carbocycles. The molecule has 0 unspecified atom stereocenters. The minimum Gasteiger partial charge on any atom is -0.467 e. The molecule has 0 saturated carbocycles. The maximum absolute atomic E-state index is 12.4. The summed E-state index contributed by atoms with van der Waals surface area (Å²) in [5.41, 5.74) is 0.466. The Hall–Kier alpha value is -1.90. The smallest absolute Gasteiger partial charge is 0.341 e. The summed E-state index contributed by atoms with van der Waals surface area (Å²) in [5, 5.41) is 0. The molecule has 0 N–H and O–H groups in total. The second kappa shape index (κ2) is 8.46. The Morgan fingerprint density at radius 1 is 1.08 bits per heavy atom. The molecule has 0 spiro atoms. The molecule has 138 valence electrons. The van der Waals surface area contributed by atoms with Gasteiger partial charge in [-0.2, -0.15) is 0 Å². The molecule has 8 nitrogen and oxygen atoms in total. The van der Waals surface area contributed by atoms with E-state index in [0.717, 1.165) is 26.2 Å². The highest BCUT2D eigenvalue weighted by Crippen LogP contribution is 2.16. The molecule has 2 fully saturated rings. The SMILES string of the molecule is COC(=O)c1ccoc1CN1CCN(C(=O)CN2CCOCC2)CC1. The summed E-state index contributed by atoms with van der Waals surface area (Å²) < 4.78 is 15.5. The van der Waals surface area contributed by atoms with E-state index in [4.69, 9.17) is 13.9 Å². The van der Waals surface area contributed by atoms with Crippen LogP contribution in [-0.4, -0.2) is 92.7 Å². The van der Waals surface area contributed by atoms with Crippen LogP contribution in [0.1, 0.15) is 16.1 Å². The lowest BCUT2D eigenvalue weighted by Gasteiger charge is -2.36. The normalized spacial score (nSPS) is 19.8. The lowest BCUT2D eigenvalue weighted by atomic mass is 10.2. The van der Waals surface area contributed by atoms with Crippen molar-refractivity contribution in [1.82, 2.24) is 14.7 Å². The highest BCUT2D eigenvalue weighted by atomic mass is 16.5. The van der Waals surface area contributed by atoms with Gasteiger partial charge >= 0.3 is 5.97 Å². The minimum atomic E-state index is -0.386. The van der Waals surface area contributed by atoms with E-state index in [0.29, 0.717) is 50.7 Å². The standard InChI is InChI=1S/C17H25N3O5/c1-23-17(22)14-2-9-25-15(14)12-18-3-5-20(6-4-18)16(21)13-19-7-10-24-11-8-19/h2,9H,3-8,10-13H2,1H3. The van der Waals surface area contributed by atoms with Crippen molar-refractivity contribution in [2.75, 3.05) is 66.1 Å². The van der Waals surface area contributed by atoms with Crippen LogP contribution in [0, 0.1) is 0 Å². The van der Waals surface area contributed by atoms with Gasteiger partial charge in [0.1, 0.15) is 11.3 Å². The number of piperazine rings is 1. The predicted octanol–water partition coefficient (Wildman–Crippen LogP) is 0.0426. The fraction of sp³-hybridized carbons (Fsp3) is 0.647. The zero-order valence-electron chi connectivity index (χ0n) is 14.6. The summed E-state index contributed by atoms with van der Waals surface area (Å²) in [7, 11) is 1.36. The minimum absolute atomic E-state index is 0.176. The number of nitrogens with zero attached hydrogens (tertiary/aromatic N) is 3. The van der Waals surface area contributed by atoms with Crippen molar-refractivity contribution in [2.45, 2.75) is 6.54 Å². The largest absolute Gasteiger partial charge is 0.467 e. The molecular formula is C17H25N3O5. The number of morpholine rings is 1. The van der Waals surface area contributed by atoms with Gasteiger partial charge in [-0.3, -0.25) is 14.6 Å². The van der Waals surface area contributed by atoms with Crippen molar-refractivity contribution in [3.63, 3.8) is 0 Å². The van der Waals surface area contributed by atoms with Gasteiger partial charge in [-0.15, -0.1) is 0 Å². The molecule has 0 aromatic carbocycles. The van der Waals surface area contributed by atoms with Crippen LogP contribution in [0.25, 0.3) is 0 Å². The van der Waals surface area contributed by atoms with Crippen molar-refractivity contribution in [3.8, 4) is 0 Å². The number of esters is 1. The topological polar surface area (TPSA) is 75.5 Å². The summed E-state index contributed by atoms with van der Waals surface area (Å²) >= 11 is 0. The number of amides is 1. The summed E-state index contributed by atoms with van der Waals surface area (Å²) in [6.45, 7) is 6.96. The number of ether oxygens (including phenoxy) is 2. The van der Waals surface area contributed by atoms with Crippen molar-refractivity contribution < 1.29 is 23.5 Å². The van der Waals surface area contributed by atoms with Gasteiger partial charge in [0.15, 0.2) is 0 Å². The predicted molar refractivity (Wildman–Crippen MR) is 89.2 cm³/mol. The van der Waals surface area contributed by atoms with Gasteiger partial charge in [-0.1, -0.05) is 0 Å². The quantitative estimate of drug-likeness (QED) is 0.694. The first-order chi connectivity index (χ1) is 12.2. The molecule has 1 aromatic rings. The fourth-order valence-corrected chi connectivity index (χ4v) is 3.16. The third-order valence-corrected chi connectivity index (χ3v) is 4.71. The van der Waals surface area contributed by atoms with Crippen molar-refractivity contribution in [2.24, 2.45) is 0 Å². The van der Waals surface area contributed by atoms with E-state index in [1.165, 1.54) is 13.4 Å². The molecule has 0 bridgehead atoms. The Bertz CT molecular complexity index is 589. The van der Waals surface area contributed by atoms with Gasteiger partial charge < -0.3 is 18.8 Å². The monoisotopic (exact) mass is 351 g/mol. The van der Waals surface area contributed by atoms with Crippen LogP contribution in [0.4, 0.5) is 0 Å². The summed E-state index contributed by atoms with van der Waals surface area (Å²) in [6, 6.07) is 1.63. The fourth-order valence-electron chi connectivity index (χ4n) is 3.16. The van der Waals surface area contributed by atoms with Crippen molar-refractivity contribution in [1.29, 1.82) is 0 Å². The molecule has 0 atom stereocenters. The molecule has 2 aliphatic heterocycles. The number of rotatable bonds is 5. The molecule has 2 aliphatic rings. The van der Waals surface area contributed by atoms with Gasteiger partial charge in [0.2, 0.25) is 5.91 Å². The molecule has 8 heteroatoms. The highest BCUT2D eigenvalue weighted by Gasteiger charge is 2.25. The van der Waals surface area contributed by atoms with Gasteiger partial charge in [0.25, 0.3) is 0 Å². The van der Waals surface area contributed by atoms with E-state index >= 15 is 0 Å². The Morgan fingerprint density at radius 2 is 1.80 bits per heavy atom. The van der Waals surface area contributed by atoms with E-state index in [9.17, 15) is 9.59 Å². The molecule has 25 heavy (non-hydrogen) atoms. The van der Waals surface area contributed by atoms with Crippen LogP contribution in [-0.2, 0) is 20.8 Å². The molecule has 2 saturated heterocycles. The second-order valence-corrected chi connectivity index (χ2v) is 6.29.